The van der Waals surface area contributed by atoms with E-state index in [-0.39, 0.29) is 11.3 Å². The quantitative estimate of drug-likeness (QED) is 0.311. The van der Waals surface area contributed by atoms with Crippen molar-refractivity contribution in [2.45, 2.75) is 60.4 Å². The minimum atomic E-state index is -1.62. The van der Waals surface area contributed by atoms with E-state index in [9.17, 15) is 33.6 Å². The van der Waals surface area contributed by atoms with Crippen molar-refractivity contribution < 1.29 is 43.1 Å². The molecule has 2 aromatic carbocycles. The highest BCUT2D eigenvalue weighted by Gasteiger charge is 2.50. The van der Waals surface area contributed by atoms with Crippen LogP contribution >= 0.6 is 11.8 Å². The molecule has 9 nitrogen and oxygen atoms in total. The second-order valence-electron chi connectivity index (χ2n) is 10.1. The Hall–Kier alpha value is -2.52. The normalized spacial score (nSPS) is 27.4. The molecule has 13 heteroatoms. The van der Waals surface area contributed by atoms with Crippen LogP contribution in [0.4, 0.5) is 13.2 Å². The third-order valence-electron chi connectivity index (χ3n) is 7.53. The Balaban J connectivity index is 1.47. The van der Waals surface area contributed by atoms with Crippen LogP contribution in [-0.4, -0.2) is 84.6 Å². The largest absolute Gasteiger partial charge is 0.394 e. The number of aliphatic hydroxyl groups excluding tert-OH is 3. The van der Waals surface area contributed by atoms with E-state index in [0.29, 0.717) is 26.1 Å². The maximum atomic E-state index is 13.8. The third kappa shape index (κ3) is 5.51. The van der Waals surface area contributed by atoms with Crippen LogP contribution in [0.5, 0.6) is 0 Å². The Morgan fingerprint density at radius 3 is 2.42 bits per heavy atom. The summed E-state index contributed by atoms with van der Waals surface area (Å²) in [5.41, 5.74) is -0.558. The molecule has 0 unspecified atom stereocenters. The number of aryl methyl sites for hydroxylation is 1. The zero-order valence-corrected chi connectivity index (χ0v) is 22.3. The van der Waals surface area contributed by atoms with Crippen LogP contribution in [0.3, 0.4) is 0 Å². The molecule has 2 fully saturated rings. The fourth-order valence-electron chi connectivity index (χ4n) is 5.24. The van der Waals surface area contributed by atoms with Gasteiger partial charge in [0.05, 0.1) is 23.7 Å². The predicted octanol–water partition coefficient (Wildman–Crippen LogP) is 2.67. The van der Waals surface area contributed by atoms with Gasteiger partial charge in [0.1, 0.15) is 35.5 Å². The molecule has 2 aliphatic heterocycles. The number of aromatic nitrogens is 3. The van der Waals surface area contributed by atoms with Gasteiger partial charge in [-0.15, -0.1) is 16.9 Å². The summed E-state index contributed by atoms with van der Waals surface area (Å²) in [5.74, 6) is -4.42. The summed E-state index contributed by atoms with van der Waals surface area (Å²) in [7, 11) is 0. The Labute approximate surface area is 232 Å². The maximum Gasteiger partial charge on any atom is 0.194 e. The van der Waals surface area contributed by atoms with E-state index >= 15 is 0 Å². The lowest BCUT2D eigenvalue weighted by atomic mass is 9.85. The number of thioether (sulfide) groups is 1. The van der Waals surface area contributed by atoms with Crippen LogP contribution in [-0.2, 0) is 9.47 Å². The van der Waals surface area contributed by atoms with Gasteiger partial charge in [0.25, 0.3) is 0 Å². The lowest BCUT2D eigenvalue weighted by Gasteiger charge is -2.45. The van der Waals surface area contributed by atoms with Gasteiger partial charge in [-0.2, -0.15) is 0 Å². The van der Waals surface area contributed by atoms with Crippen molar-refractivity contribution in [2.24, 2.45) is 0 Å². The van der Waals surface area contributed by atoms with Crippen molar-refractivity contribution in [2.75, 3.05) is 19.8 Å². The fraction of sp³-hybridized carbons (Fsp3) is 0.481. The average molecular weight is 582 g/mol. The van der Waals surface area contributed by atoms with E-state index in [0.717, 1.165) is 27.9 Å². The van der Waals surface area contributed by atoms with Gasteiger partial charge in [-0.3, -0.25) is 0 Å². The Kier molecular flexibility index (Phi) is 8.53. The first kappa shape index (κ1) is 29.0. The van der Waals surface area contributed by atoms with Crippen LogP contribution < -0.4 is 0 Å². The fourth-order valence-corrected chi connectivity index (χ4v) is 6.94. The van der Waals surface area contributed by atoms with Crippen LogP contribution in [0.15, 0.2) is 42.6 Å². The summed E-state index contributed by atoms with van der Waals surface area (Å²) < 4.78 is 53.6. The number of rotatable bonds is 7. The van der Waals surface area contributed by atoms with Gasteiger partial charge >= 0.3 is 0 Å². The minimum Gasteiger partial charge on any atom is -0.394 e. The molecule has 2 saturated heterocycles. The van der Waals surface area contributed by atoms with Gasteiger partial charge in [-0.25, -0.2) is 17.9 Å². The Morgan fingerprint density at radius 2 is 1.77 bits per heavy atom. The molecular weight excluding hydrogens is 551 g/mol. The lowest BCUT2D eigenvalue weighted by molar-refractivity contribution is -0.179. The van der Waals surface area contributed by atoms with Gasteiger partial charge in [0.15, 0.2) is 17.5 Å². The van der Waals surface area contributed by atoms with Crippen molar-refractivity contribution >= 4 is 11.8 Å². The van der Waals surface area contributed by atoms with Crippen molar-refractivity contribution in [3.63, 3.8) is 0 Å². The van der Waals surface area contributed by atoms with Gasteiger partial charge < -0.3 is 29.9 Å². The molecule has 0 radical (unpaired) electrons. The third-order valence-corrected chi connectivity index (χ3v) is 9.15. The number of benzene rings is 2. The van der Waals surface area contributed by atoms with Crippen LogP contribution in [0.25, 0.3) is 11.3 Å². The monoisotopic (exact) mass is 581 g/mol. The molecule has 1 aromatic heterocycles. The Morgan fingerprint density at radius 1 is 1.10 bits per heavy atom. The van der Waals surface area contributed by atoms with E-state index in [1.165, 1.54) is 18.0 Å². The zero-order valence-electron chi connectivity index (χ0n) is 21.5. The van der Waals surface area contributed by atoms with Gasteiger partial charge in [-0.1, -0.05) is 29.5 Å². The Bertz CT molecular complexity index is 1320. The highest BCUT2D eigenvalue weighted by molar-refractivity contribution is 8.00. The van der Waals surface area contributed by atoms with E-state index < -0.39 is 64.7 Å². The van der Waals surface area contributed by atoms with Gasteiger partial charge in [-0.05, 0) is 30.2 Å². The number of halogens is 3. The molecule has 0 bridgehead atoms. The molecule has 4 N–H and O–H groups in total. The van der Waals surface area contributed by atoms with Crippen molar-refractivity contribution in [3.05, 3.63) is 71.2 Å². The summed E-state index contributed by atoms with van der Waals surface area (Å²) in [5, 5.41) is 51.5. The molecule has 40 heavy (non-hydrogen) atoms. The smallest absolute Gasteiger partial charge is 0.194 e. The molecule has 0 amide bonds. The molecule has 3 heterocycles. The van der Waals surface area contributed by atoms with Crippen molar-refractivity contribution in [1.29, 1.82) is 0 Å². The first-order valence-corrected chi connectivity index (χ1v) is 13.8. The molecule has 2 aliphatic rings. The summed E-state index contributed by atoms with van der Waals surface area (Å²) in [6, 6.07) is 7.91. The predicted molar refractivity (Wildman–Crippen MR) is 139 cm³/mol. The van der Waals surface area contributed by atoms with Gasteiger partial charge in [0.2, 0.25) is 0 Å². The first-order valence-electron chi connectivity index (χ1n) is 12.8. The molecule has 0 saturated carbocycles. The SMILES string of the molecule is Cc1ccccc1[C@H](S[C@@H]1O[C@H](CO)[C@H](O)[C@H](n2cc(-c3cc(F)c(F)c(F)c3)nn2)[C@H]1O)C1(O)CCOCC1. The highest BCUT2D eigenvalue weighted by atomic mass is 32.2. The van der Waals surface area contributed by atoms with Crippen LogP contribution in [0.2, 0.25) is 0 Å². The second-order valence-corrected chi connectivity index (χ2v) is 11.3. The standard InChI is InChI=1S/C27H30F3N3O6S/c1-14-4-2-3-5-16(14)25(27(37)6-8-38-9-7-27)40-26-24(36)22(23(35)20(13-34)39-26)33-12-19(31-32-33)15-10-17(28)21(30)18(29)11-15/h2-5,10-12,20,22-26,34-37H,6-9,13H2,1H3/t20-,22+,23+,24-,25+,26+/m1/s1. The number of aliphatic hydroxyl groups is 4. The van der Waals surface area contributed by atoms with E-state index in [4.69, 9.17) is 9.47 Å². The van der Waals surface area contributed by atoms with E-state index in [1.807, 2.05) is 31.2 Å². The molecule has 0 aliphatic carbocycles. The van der Waals surface area contributed by atoms with Crippen molar-refractivity contribution in [3.8, 4) is 11.3 Å². The second kappa shape index (κ2) is 11.8. The van der Waals surface area contributed by atoms with Crippen LogP contribution in [0, 0.1) is 24.4 Å². The molecule has 6 atom stereocenters. The van der Waals surface area contributed by atoms with Gasteiger partial charge in [0, 0.05) is 31.6 Å². The van der Waals surface area contributed by atoms with Crippen molar-refractivity contribution in [1.82, 2.24) is 15.0 Å². The van der Waals surface area contributed by atoms with Crippen LogP contribution in [0.1, 0.15) is 35.3 Å². The maximum absolute atomic E-state index is 13.8. The topological polar surface area (TPSA) is 130 Å². The molecular formula is C27H30F3N3O6S. The zero-order chi connectivity index (χ0) is 28.6. The number of hydrogen-bond acceptors (Lipinski definition) is 9. The summed E-state index contributed by atoms with van der Waals surface area (Å²) >= 11 is 1.17. The number of nitrogens with zero attached hydrogens (tertiary/aromatic N) is 3. The molecule has 216 valence electrons. The number of hydrogen-bond donors (Lipinski definition) is 4. The molecule has 3 aromatic rings. The molecule has 5 rings (SSSR count). The van der Waals surface area contributed by atoms with E-state index in [1.54, 1.807) is 0 Å². The summed E-state index contributed by atoms with van der Waals surface area (Å²) in [6.07, 6.45) is -2.00. The number of ether oxygens (including phenoxy) is 2. The minimum absolute atomic E-state index is 0.0252. The summed E-state index contributed by atoms with van der Waals surface area (Å²) in [6.45, 7) is 2.07. The lowest BCUT2D eigenvalue weighted by Crippen LogP contribution is -2.55. The first-order chi connectivity index (χ1) is 19.1. The van der Waals surface area contributed by atoms with E-state index in [2.05, 4.69) is 10.3 Å². The average Bonchev–Trinajstić information content (AvgIpc) is 3.42. The molecule has 0 spiro atoms. The highest BCUT2D eigenvalue weighted by Crippen LogP contribution is 2.49. The summed E-state index contributed by atoms with van der Waals surface area (Å²) in [4.78, 5) is 0.